The molecule has 2 aliphatic rings. The van der Waals surface area contributed by atoms with E-state index in [9.17, 15) is 0 Å². The highest BCUT2D eigenvalue weighted by Crippen LogP contribution is 2.39. The van der Waals surface area contributed by atoms with E-state index < -0.39 is 0 Å². The number of rotatable bonds is 4. The molecule has 1 aliphatic heterocycles. The van der Waals surface area contributed by atoms with Gasteiger partial charge in [-0.05, 0) is 25.0 Å². The first-order chi connectivity index (χ1) is 8.81. The first-order valence-electron chi connectivity index (χ1n) is 6.54. The summed E-state index contributed by atoms with van der Waals surface area (Å²) in [5, 5.41) is 0. The number of hydrogen-bond acceptors (Lipinski definition) is 4. The number of benzene rings is 1. The van der Waals surface area contributed by atoms with Gasteiger partial charge in [-0.3, -0.25) is 0 Å². The van der Waals surface area contributed by atoms with Crippen LogP contribution in [0.5, 0.6) is 17.2 Å². The standard InChI is InChI=1S/C14H19NO3/c15-8-14(5-1-2-6-14)9-16-11-3-4-12-13(7-11)18-10-17-12/h3-4,7H,1-2,5-6,8-10,15H2. The van der Waals surface area contributed by atoms with Gasteiger partial charge in [-0.2, -0.15) is 0 Å². The minimum Gasteiger partial charge on any atom is -0.493 e. The number of hydrogen-bond donors (Lipinski definition) is 1. The first kappa shape index (κ1) is 11.7. The predicted octanol–water partition coefficient (Wildman–Crippen LogP) is 2.31. The summed E-state index contributed by atoms with van der Waals surface area (Å²) in [6, 6.07) is 5.70. The molecule has 0 amide bonds. The normalized spacial score (nSPS) is 20.1. The largest absolute Gasteiger partial charge is 0.493 e. The molecule has 1 fully saturated rings. The van der Waals surface area contributed by atoms with Crippen molar-refractivity contribution in [3.8, 4) is 17.2 Å². The molecule has 0 aromatic heterocycles. The summed E-state index contributed by atoms with van der Waals surface area (Å²) in [5.41, 5.74) is 6.08. The van der Waals surface area contributed by atoms with Crippen LogP contribution in [-0.4, -0.2) is 19.9 Å². The summed E-state index contributed by atoms with van der Waals surface area (Å²) in [6.45, 7) is 1.70. The lowest BCUT2D eigenvalue weighted by Gasteiger charge is -2.27. The third-order valence-electron chi connectivity index (χ3n) is 3.99. The van der Waals surface area contributed by atoms with Crippen molar-refractivity contribution < 1.29 is 14.2 Å². The monoisotopic (exact) mass is 249 g/mol. The van der Waals surface area contributed by atoms with E-state index in [0.29, 0.717) is 19.9 Å². The highest BCUT2D eigenvalue weighted by atomic mass is 16.7. The molecular formula is C14H19NO3. The van der Waals surface area contributed by atoms with Crippen molar-refractivity contribution in [1.29, 1.82) is 0 Å². The van der Waals surface area contributed by atoms with Gasteiger partial charge in [0, 0.05) is 18.0 Å². The zero-order valence-corrected chi connectivity index (χ0v) is 10.5. The summed E-state index contributed by atoms with van der Waals surface area (Å²) >= 11 is 0. The van der Waals surface area contributed by atoms with E-state index in [2.05, 4.69) is 0 Å². The van der Waals surface area contributed by atoms with Crippen LogP contribution in [0.4, 0.5) is 0 Å². The highest BCUT2D eigenvalue weighted by Gasteiger charge is 2.33. The number of ether oxygens (including phenoxy) is 3. The lowest BCUT2D eigenvalue weighted by Crippen LogP contribution is -2.33. The molecule has 18 heavy (non-hydrogen) atoms. The smallest absolute Gasteiger partial charge is 0.231 e. The Kier molecular flexibility index (Phi) is 3.04. The van der Waals surface area contributed by atoms with E-state index in [4.69, 9.17) is 19.9 Å². The molecule has 0 saturated heterocycles. The van der Waals surface area contributed by atoms with Crippen molar-refractivity contribution in [2.75, 3.05) is 19.9 Å². The van der Waals surface area contributed by atoms with Crippen molar-refractivity contribution in [2.45, 2.75) is 25.7 Å². The van der Waals surface area contributed by atoms with Crippen LogP contribution in [0.3, 0.4) is 0 Å². The maximum Gasteiger partial charge on any atom is 0.231 e. The average molecular weight is 249 g/mol. The Balaban J connectivity index is 1.66. The Morgan fingerprint density at radius 1 is 1.17 bits per heavy atom. The summed E-state index contributed by atoms with van der Waals surface area (Å²) < 4.78 is 16.5. The molecule has 2 N–H and O–H groups in total. The second-order valence-corrected chi connectivity index (χ2v) is 5.21. The van der Waals surface area contributed by atoms with E-state index in [-0.39, 0.29) is 5.41 Å². The molecule has 0 radical (unpaired) electrons. The van der Waals surface area contributed by atoms with E-state index in [1.807, 2.05) is 18.2 Å². The first-order valence-corrected chi connectivity index (χ1v) is 6.54. The van der Waals surface area contributed by atoms with Crippen LogP contribution in [-0.2, 0) is 0 Å². The summed E-state index contributed by atoms with van der Waals surface area (Å²) in [6.07, 6.45) is 4.88. The average Bonchev–Trinajstić information content (AvgIpc) is 3.05. The lowest BCUT2D eigenvalue weighted by molar-refractivity contribution is 0.156. The zero-order chi connectivity index (χ0) is 12.4. The molecule has 3 rings (SSSR count). The maximum absolute atomic E-state index is 5.90. The molecule has 4 heteroatoms. The zero-order valence-electron chi connectivity index (χ0n) is 10.5. The van der Waals surface area contributed by atoms with Crippen LogP contribution < -0.4 is 19.9 Å². The highest BCUT2D eigenvalue weighted by molar-refractivity contribution is 5.46. The van der Waals surface area contributed by atoms with Crippen LogP contribution in [0.15, 0.2) is 18.2 Å². The Hall–Kier alpha value is -1.42. The molecule has 0 atom stereocenters. The Bertz CT molecular complexity index is 427. The van der Waals surface area contributed by atoms with Crippen LogP contribution in [0.2, 0.25) is 0 Å². The van der Waals surface area contributed by atoms with Gasteiger partial charge in [0.15, 0.2) is 11.5 Å². The Morgan fingerprint density at radius 2 is 1.94 bits per heavy atom. The van der Waals surface area contributed by atoms with E-state index in [1.165, 1.54) is 25.7 Å². The van der Waals surface area contributed by atoms with Gasteiger partial charge in [0.25, 0.3) is 0 Å². The molecular weight excluding hydrogens is 230 g/mol. The van der Waals surface area contributed by atoms with Gasteiger partial charge in [-0.15, -0.1) is 0 Å². The molecule has 1 aromatic carbocycles. The third-order valence-corrected chi connectivity index (χ3v) is 3.99. The van der Waals surface area contributed by atoms with Crippen LogP contribution in [0, 0.1) is 5.41 Å². The minimum absolute atomic E-state index is 0.177. The molecule has 1 aromatic rings. The lowest BCUT2D eigenvalue weighted by atomic mass is 9.87. The van der Waals surface area contributed by atoms with Crippen LogP contribution >= 0.6 is 0 Å². The van der Waals surface area contributed by atoms with Crippen LogP contribution in [0.25, 0.3) is 0 Å². The van der Waals surface area contributed by atoms with Gasteiger partial charge in [0.1, 0.15) is 5.75 Å². The SMILES string of the molecule is NCC1(COc2ccc3c(c2)OCO3)CCCC1. The molecule has 1 aliphatic carbocycles. The van der Waals surface area contributed by atoms with Gasteiger partial charge in [0.2, 0.25) is 6.79 Å². The molecule has 0 bridgehead atoms. The topological polar surface area (TPSA) is 53.7 Å². The van der Waals surface area contributed by atoms with E-state index in [0.717, 1.165) is 17.2 Å². The van der Waals surface area contributed by atoms with E-state index >= 15 is 0 Å². The molecule has 1 heterocycles. The van der Waals surface area contributed by atoms with Gasteiger partial charge in [0.05, 0.1) is 6.61 Å². The van der Waals surface area contributed by atoms with Crippen molar-refractivity contribution in [2.24, 2.45) is 11.1 Å². The van der Waals surface area contributed by atoms with Gasteiger partial charge < -0.3 is 19.9 Å². The maximum atomic E-state index is 5.90. The van der Waals surface area contributed by atoms with Crippen molar-refractivity contribution in [3.05, 3.63) is 18.2 Å². The minimum atomic E-state index is 0.177. The predicted molar refractivity (Wildman–Crippen MR) is 68.0 cm³/mol. The van der Waals surface area contributed by atoms with Gasteiger partial charge >= 0.3 is 0 Å². The number of fused-ring (bicyclic) bond motifs is 1. The molecule has 1 saturated carbocycles. The fourth-order valence-corrected chi connectivity index (χ4v) is 2.74. The quantitative estimate of drug-likeness (QED) is 0.889. The molecule has 0 unspecified atom stereocenters. The van der Waals surface area contributed by atoms with Gasteiger partial charge in [-0.25, -0.2) is 0 Å². The van der Waals surface area contributed by atoms with E-state index in [1.54, 1.807) is 0 Å². The fourth-order valence-electron chi connectivity index (χ4n) is 2.74. The second-order valence-electron chi connectivity index (χ2n) is 5.21. The Morgan fingerprint density at radius 3 is 2.72 bits per heavy atom. The fraction of sp³-hybridized carbons (Fsp3) is 0.571. The third kappa shape index (κ3) is 2.12. The van der Waals surface area contributed by atoms with Crippen molar-refractivity contribution in [3.63, 3.8) is 0 Å². The summed E-state index contributed by atoms with van der Waals surface area (Å²) in [5.74, 6) is 2.39. The van der Waals surface area contributed by atoms with Crippen LogP contribution in [0.1, 0.15) is 25.7 Å². The molecule has 98 valence electrons. The summed E-state index contributed by atoms with van der Waals surface area (Å²) in [7, 11) is 0. The molecule has 4 nitrogen and oxygen atoms in total. The van der Waals surface area contributed by atoms with Crippen molar-refractivity contribution in [1.82, 2.24) is 0 Å². The van der Waals surface area contributed by atoms with Gasteiger partial charge in [-0.1, -0.05) is 12.8 Å². The van der Waals surface area contributed by atoms with Crippen molar-refractivity contribution >= 4 is 0 Å². The number of nitrogens with two attached hydrogens (primary N) is 1. The Labute approximate surface area is 107 Å². The second kappa shape index (κ2) is 4.69. The molecule has 0 spiro atoms. The summed E-state index contributed by atoms with van der Waals surface area (Å²) in [4.78, 5) is 0.